The lowest BCUT2D eigenvalue weighted by Crippen LogP contribution is -2.56. The van der Waals surface area contributed by atoms with Crippen molar-refractivity contribution in [1.29, 1.82) is 0 Å². The van der Waals surface area contributed by atoms with Crippen molar-refractivity contribution in [1.82, 2.24) is 25.0 Å². The van der Waals surface area contributed by atoms with E-state index in [1.807, 2.05) is 30.3 Å². The molecule has 2 fully saturated rings. The number of pyridine rings is 1. The van der Waals surface area contributed by atoms with E-state index in [1.54, 1.807) is 16.0 Å². The summed E-state index contributed by atoms with van der Waals surface area (Å²) in [7, 11) is 0. The van der Waals surface area contributed by atoms with E-state index in [1.165, 1.54) is 0 Å². The van der Waals surface area contributed by atoms with E-state index in [2.05, 4.69) is 15.2 Å². The van der Waals surface area contributed by atoms with Crippen LogP contribution >= 0.6 is 0 Å². The zero-order chi connectivity index (χ0) is 17.9. The first-order valence-corrected chi connectivity index (χ1v) is 9.06. The molecule has 26 heavy (non-hydrogen) atoms. The van der Waals surface area contributed by atoms with Crippen LogP contribution in [0.25, 0.3) is 11.4 Å². The number of aromatic nitrogens is 3. The van der Waals surface area contributed by atoms with Gasteiger partial charge in [-0.3, -0.25) is 14.6 Å². The average Bonchev–Trinajstić information content (AvgIpc) is 3.21. The van der Waals surface area contributed by atoms with Gasteiger partial charge in [-0.2, -0.15) is 5.10 Å². The molecule has 134 valence electrons. The third-order valence-corrected chi connectivity index (χ3v) is 5.11. The molecule has 0 spiro atoms. The number of amides is 2. The van der Waals surface area contributed by atoms with Gasteiger partial charge in [0, 0.05) is 25.3 Å². The van der Waals surface area contributed by atoms with Gasteiger partial charge in [0.1, 0.15) is 5.69 Å². The number of piperazine rings is 1. The summed E-state index contributed by atoms with van der Waals surface area (Å²) < 4.78 is 0. The van der Waals surface area contributed by atoms with Crippen molar-refractivity contribution in [3.8, 4) is 11.4 Å². The van der Waals surface area contributed by atoms with Crippen molar-refractivity contribution in [3.05, 3.63) is 42.2 Å². The highest BCUT2D eigenvalue weighted by molar-refractivity contribution is 6.35. The molecule has 0 bridgehead atoms. The van der Waals surface area contributed by atoms with Gasteiger partial charge in [0.05, 0.1) is 17.9 Å². The van der Waals surface area contributed by atoms with Gasteiger partial charge in [0.2, 0.25) is 0 Å². The molecular weight excluding hydrogens is 330 g/mol. The fourth-order valence-electron chi connectivity index (χ4n) is 3.70. The summed E-state index contributed by atoms with van der Waals surface area (Å²) in [4.78, 5) is 32.5. The van der Waals surface area contributed by atoms with Crippen molar-refractivity contribution >= 4 is 11.8 Å². The van der Waals surface area contributed by atoms with Crippen molar-refractivity contribution in [2.75, 3.05) is 13.1 Å². The Balaban J connectivity index is 1.41. The number of hydrogen-bond acceptors (Lipinski definition) is 5. The smallest absolute Gasteiger partial charge is 0.312 e. The van der Waals surface area contributed by atoms with Crippen LogP contribution in [0.4, 0.5) is 0 Å². The molecule has 2 aromatic rings. The SMILES string of the molecule is O=C1C(=O)N(C2CCCC2)CCN1Cc1ccc(-c2ccccn2)nn1. The van der Waals surface area contributed by atoms with E-state index in [4.69, 9.17) is 0 Å². The second-order valence-electron chi connectivity index (χ2n) is 6.79. The number of hydrogen-bond donors (Lipinski definition) is 0. The minimum absolute atomic E-state index is 0.242. The fraction of sp³-hybridized carbons (Fsp3) is 0.421. The van der Waals surface area contributed by atoms with Gasteiger partial charge < -0.3 is 9.80 Å². The summed E-state index contributed by atoms with van der Waals surface area (Å²) in [6, 6.07) is 9.52. The maximum Gasteiger partial charge on any atom is 0.312 e. The van der Waals surface area contributed by atoms with Crippen LogP contribution in [0.5, 0.6) is 0 Å². The standard InChI is InChI=1S/C19H21N5O2/c25-18-19(26)24(15-5-1-2-6-15)12-11-23(18)13-14-8-9-17(22-21-14)16-7-3-4-10-20-16/h3-4,7-10,15H,1-2,5-6,11-13H2. The molecule has 1 saturated heterocycles. The van der Waals surface area contributed by atoms with Crippen molar-refractivity contribution in [2.24, 2.45) is 0 Å². The zero-order valence-corrected chi connectivity index (χ0v) is 14.5. The summed E-state index contributed by atoms with van der Waals surface area (Å²) in [5.41, 5.74) is 2.10. The monoisotopic (exact) mass is 351 g/mol. The number of nitrogens with zero attached hydrogens (tertiary/aromatic N) is 5. The summed E-state index contributed by atoms with van der Waals surface area (Å²) in [5.74, 6) is -0.806. The lowest BCUT2D eigenvalue weighted by atomic mass is 10.1. The van der Waals surface area contributed by atoms with Gasteiger partial charge in [-0.25, -0.2) is 0 Å². The Morgan fingerprint density at radius 2 is 1.77 bits per heavy atom. The molecule has 2 amide bonds. The highest BCUT2D eigenvalue weighted by atomic mass is 16.2. The summed E-state index contributed by atoms with van der Waals surface area (Å²) in [6.07, 6.45) is 6.02. The number of carbonyl (C=O) groups excluding carboxylic acids is 2. The Bertz CT molecular complexity index is 787. The van der Waals surface area contributed by atoms with E-state index in [-0.39, 0.29) is 11.9 Å². The molecule has 0 radical (unpaired) electrons. The molecule has 2 aliphatic rings. The third-order valence-electron chi connectivity index (χ3n) is 5.11. The minimum atomic E-state index is -0.432. The van der Waals surface area contributed by atoms with E-state index >= 15 is 0 Å². The molecule has 2 aromatic heterocycles. The molecule has 0 unspecified atom stereocenters. The molecule has 0 N–H and O–H groups in total. The van der Waals surface area contributed by atoms with Crippen LogP contribution in [0.15, 0.2) is 36.5 Å². The molecule has 1 aliphatic heterocycles. The molecule has 0 aromatic carbocycles. The van der Waals surface area contributed by atoms with E-state index in [0.717, 1.165) is 31.4 Å². The Morgan fingerprint density at radius 1 is 0.923 bits per heavy atom. The predicted octanol–water partition coefficient (Wildman–Crippen LogP) is 1.65. The summed E-state index contributed by atoms with van der Waals surface area (Å²) in [5, 5.41) is 8.39. The first kappa shape index (κ1) is 16.6. The largest absolute Gasteiger partial charge is 0.330 e. The van der Waals surface area contributed by atoms with Gasteiger partial charge in [-0.1, -0.05) is 18.9 Å². The first-order valence-electron chi connectivity index (χ1n) is 9.06. The van der Waals surface area contributed by atoms with Gasteiger partial charge in [0.25, 0.3) is 0 Å². The third kappa shape index (κ3) is 3.29. The summed E-state index contributed by atoms with van der Waals surface area (Å²) in [6.45, 7) is 1.46. The van der Waals surface area contributed by atoms with E-state index in [9.17, 15) is 9.59 Å². The van der Waals surface area contributed by atoms with Crippen LogP contribution in [0, 0.1) is 0 Å². The Kier molecular flexibility index (Phi) is 4.60. The molecule has 7 nitrogen and oxygen atoms in total. The van der Waals surface area contributed by atoms with Gasteiger partial charge in [-0.05, 0) is 37.1 Å². The van der Waals surface area contributed by atoms with E-state index in [0.29, 0.717) is 31.0 Å². The van der Waals surface area contributed by atoms with Crippen LogP contribution in [0.1, 0.15) is 31.4 Å². The average molecular weight is 351 g/mol. The van der Waals surface area contributed by atoms with Crippen LogP contribution in [0.2, 0.25) is 0 Å². The molecule has 7 heteroatoms. The van der Waals surface area contributed by atoms with Crippen LogP contribution in [-0.2, 0) is 16.1 Å². The lowest BCUT2D eigenvalue weighted by molar-refractivity contribution is -0.158. The number of rotatable bonds is 4. The molecular formula is C19H21N5O2. The normalized spacial score (nSPS) is 18.6. The Hall–Kier alpha value is -2.83. The van der Waals surface area contributed by atoms with Crippen LogP contribution < -0.4 is 0 Å². The fourth-order valence-corrected chi connectivity index (χ4v) is 3.70. The highest BCUT2D eigenvalue weighted by Crippen LogP contribution is 2.25. The number of carbonyl (C=O) groups is 2. The molecule has 3 heterocycles. The van der Waals surface area contributed by atoms with Gasteiger partial charge >= 0.3 is 11.8 Å². The zero-order valence-electron chi connectivity index (χ0n) is 14.5. The topological polar surface area (TPSA) is 79.3 Å². The molecule has 1 saturated carbocycles. The maximum absolute atomic E-state index is 12.5. The first-order chi connectivity index (χ1) is 12.7. The Labute approximate surface area is 152 Å². The van der Waals surface area contributed by atoms with Crippen molar-refractivity contribution in [3.63, 3.8) is 0 Å². The van der Waals surface area contributed by atoms with Crippen LogP contribution in [0.3, 0.4) is 0 Å². The minimum Gasteiger partial charge on any atom is -0.330 e. The van der Waals surface area contributed by atoms with Crippen molar-refractivity contribution in [2.45, 2.75) is 38.3 Å². The second-order valence-corrected chi connectivity index (χ2v) is 6.79. The molecule has 4 rings (SSSR count). The van der Waals surface area contributed by atoms with E-state index < -0.39 is 5.91 Å². The van der Waals surface area contributed by atoms with Gasteiger partial charge in [-0.15, -0.1) is 5.10 Å². The van der Waals surface area contributed by atoms with Crippen LogP contribution in [-0.4, -0.2) is 55.9 Å². The maximum atomic E-state index is 12.5. The second kappa shape index (κ2) is 7.19. The quantitative estimate of drug-likeness (QED) is 0.783. The molecule has 0 atom stereocenters. The highest BCUT2D eigenvalue weighted by Gasteiger charge is 2.37. The van der Waals surface area contributed by atoms with Gasteiger partial charge in [0.15, 0.2) is 0 Å². The Morgan fingerprint density at radius 3 is 2.46 bits per heavy atom. The van der Waals surface area contributed by atoms with Crippen molar-refractivity contribution < 1.29 is 9.59 Å². The molecule has 1 aliphatic carbocycles. The summed E-state index contributed by atoms with van der Waals surface area (Å²) >= 11 is 0. The lowest BCUT2D eigenvalue weighted by Gasteiger charge is -2.36. The predicted molar refractivity (Wildman–Crippen MR) is 94.6 cm³/mol.